The summed E-state index contributed by atoms with van der Waals surface area (Å²) in [5.41, 5.74) is 5.54. The quantitative estimate of drug-likeness (QED) is 0.527. The first kappa shape index (κ1) is 13.3. The number of nitro groups is 1. The maximum absolute atomic E-state index is 13.3. The Morgan fingerprint density at radius 1 is 1.26 bits per heavy atom. The molecule has 0 fully saturated rings. The van der Waals surface area contributed by atoms with E-state index in [1.807, 2.05) is 0 Å². The van der Waals surface area contributed by atoms with Gasteiger partial charge in [0.2, 0.25) is 5.75 Å². The number of hydrogen-bond donors (Lipinski definition) is 1. The third kappa shape index (κ3) is 2.82. The summed E-state index contributed by atoms with van der Waals surface area (Å²) >= 11 is 2.95. The van der Waals surface area contributed by atoms with Gasteiger partial charge in [-0.15, -0.1) is 0 Å². The van der Waals surface area contributed by atoms with Crippen molar-refractivity contribution in [3.05, 3.63) is 56.8 Å². The molecule has 0 unspecified atom stereocenters. The summed E-state index contributed by atoms with van der Waals surface area (Å²) in [6.45, 7) is 0. The zero-order valence-corrected chi connectivity index (χ0v) is 11.1. The minimum atomic E-state index is -0.736. The highest BCUT2D eigenvalue weighted by atomic mass is 79.9. The minimum absolute atomic E-state index is 0.0719. The topological polar surface area (TPSA) is 78.4 Å². The number of anilines is 1. The predicted octanol–water partition coefficient (Wildman–Crippen LogP) is 3.87. The van der Waals surface area contributed by atoms with Crippen LogP contribution in [0.2, 0.25) is 0 Å². The summed E-state index contributed by atoms with van der Waals surface area (Å²) in [4.78, 5) is 10.2. The molecular formula is C12H8BrFN2O3. The molecule has 98 valence electrons. The van der Waals surface area contributed by atoms with E-state index < -0.39 is 16.4 Å². The van der Waals surface area contributed by atoms with Crippen LogP contribution < -0.4 is 10.5 Å². The van der Waals surface area contributed by atoms with Crippen LogP contribution in [-0.2, 0) is 0 Å². The molecule has 0 aromatic heterocycles. The Balaban J connectivity index is 2.48. The summed E-state index contributed by atoms with van der Waals surface area (Å²) in [6, 6.07) is 8.53. The lowest BCUT2D eigenvalue weighted by Crippen LogP contribution is -1.97. The zero-order valence-electron chi connectivity index (χ0n) is 9.47. The maximum Gasteiger partial charge on any atom is 0.314 e. The van der Waals surface area contributed by atoms with Gasteiger partial charge in [-0.3, -0.25) is 10.1 Å². The first-order valence-electron chi connectivity index (χ1n) is 5.15. The lowest BCUT2D eigenvalue weighted by molar-refractivity contribution is -0.385. The highest BCUT2D eigenvalue weighted by Gasteiger charge is 2.20. The number of halogens is 2. The van der Waals surface area contributed by atoms with E-state index in [2.05, 4.69) is 15.9 Å². The zero-order chi connectivity index (χ0) is 14.0. The standard InChI is InChI=1S/C12H8BrFN2O3/c13-7-5-12(10(16(17)18)6-8(7)14)19-11-4-2-1-3-9(11)15/h1-6H,15H2. The SMILES string of the molecule is Nc1ccccc1Oc1cc(Br)c(F)cc1[N+](=O)[O-]. The molecule has 0 amide bonds. The lowest BCUT2D eigenvalue weighted by atomic mass is 10.2. The third-order valence-corrected chi connectivity index (χ3v) is 2.95. The molecule has 19 heavy (non-hydrogen) atoms. The number of rotatable bonds is 3. The van der Waals surface area contributed by atoms with Crippen molar-refractivity contribution in [3.8, 4) is 11.5 Å². The Morgan fingerprint density at radius 3 is 2.58 bits per heavy atom. The molecule has 2 N–H and O–H groups in total. The maximum atomic E-state index is 13.3. The molecule has 0 aliphatic heterocycles. The summed E-state index contributed by atoms with van der Waals surface area (Å²) in [6.07, 6.45) is 0. The van der Waals surface area contributed by atoms with E-state index in [-0.39, 0.29) is 16.0 Å². The molecular weight excluding hydrogens is 319 g/mol. The van der Waals surface area contributed by atoms with Gasteiger partial charge in [0.25, 0.3) is 0 Å². The number of hydrogen-bond acceptors (Lipinski definition) is 4. The number of benzene rings is 2. The second kappa shape index (κ2) is 5.23. The van der Waals surface area contributed by atoms with E-state index in [0.717, 1.165) is 6.07 Å². The Morgan fingerprint density at radius 2 is 1.95 bits per heavy atom. The monoisotopic (exact) mass is 326 g/mol. The molecule has 5 nitrogen and oxygen atoms in total. The fourth-order valence-electron chi connectivity index (χ4n) is 1.43. The van der Waals surface area contributed by atoms with E-state index >= 15 is 0 Å². The van der Waals surface area contributed by atoms with Gasteiger partial charge in [0.05, 0.1) is 21.1 Å². The van der Waals surface area contributed by atoms with Crippen LogP contribution >= 0.6 is 15.9 Å². The molecule has 0 radical (unpaired) electrons. The Bertz CT molecular complexity index is 649. The molecule has 0 saturated carbocycles. The number of nitrogens with zero attached hydrogens (tertiary/aromatic N) is 1. The smallest absolute Gasteiger partial charge is 0.314 e. The van der Waals surface area contributed by atoms with Crippen LogP contribution in [0, 0.1) is 15.9 Å². The van der Waals surface area contributed by atoms with Crippen molar-refractivity contribution in [2.75, 3.05) is 5.73 Å². The summed E-state index contributed by atoms with van der Waals surface area (Å²) in [5.74, 6) is -0.555. The first-order valence-corrected chi connectivity index (χ1v) is 5.94. The fraction of sp³-hybridized carbons (Fsp3) is 0. The molecule has 7 heteroatoms. The molecule has 0 spiro atoms. The highest BCUT2D eigenvalue weighted by molar-refractivity contribution is 9.10. The van der Waals surface area contributed by atoms with E-state index in [1.54, 1.807) is 24.3 Å². The van der Waals surface area contributed by atoms with E-state index in [0.29, 0.717) is 5.69 Å². The largest absolute Gasteiger partial charge is 0.448 e. The predicted molar refractivity (Wildman–Crippen MR) is 71.7 cm³/mol. The fourth-order valence-corrected chi connectivity index (χ4v) is 1.76. The van der Waals surface area contributed by atoms with Gasteiger partial charge < -0.3 is 10.5 Å². The number of nitro benzene ring substituents is 1. The molecule has 2 rings (SSSR count). The Hall–Kier alpha value is -2.15. The normalized spacial score (nSPS) is 10.2. The second-order valence-electron chi connectivity index (χ2n) is 3.63. The van der Waals surface area contributed by atoms with Crippen LogP contribution in [0.5, 0.6) is 11.5 Å². The van der Waals surface area contributed by atoms with Crippen molar-refractivity contribution in [1.29, 1.82) is 0 Å². The van der Waals surface area contributed by atoms with Gasteiger partial charge >= 0.3 is 5.69 Å². The minimum Gasteiger partial charge on any atom is -0.448 e. The third-order valence-electron chi connectivity index (χ3n) is 2.34. The summed E-state index contributed by atoms with van der Waals surface area (Å²) < 4.78 is 18.8. The summed E-state index contributed by atoms with van der Waals surface area (Å²) in [7, 11) is 0. The highest BCUT2D eigenvalue weighted by Crippen LogP contribution is 2.37. The Labute approximate surface area is 116 Å². The van der Waals surface area contributed by atoms with Crippen molar-refractivity contribution in [2.24, 2.45) is 0 Å². The molecule has 0 bridgehead atoms. The molecule has 0 aliphatic rings. The number of para-hydroxylation sites is 2. The van der Waals surface area contributed by atoms with E-state index in [4.69, 9.17) is 10.5 Å². The van der Waals surface area contributed by atoms with Crippen LogP contribution in [0.15, 0.2) is 40.9 Å². The molecule has 2 aromatic carbocycles. The average molecular weight is 327 g/mol. The van der Waals surface area contributed by atoms with Crippen molar-refractivity contribution >= 4 is 27.3 Å². The van der Waals surface area contributed by atoms with Crippen molar-refractivity contribution in [3.63, 3.8) is 0 Å². The van der Waals surface area contributed by atoms with Gasteiger partial charge in [-0.05, 0) is 28.1 Å². The average Bonchev–Trinajstić information content (AvgIpc) is 2.36. The van der Waals surface area contributed by atoms with Gasteiger partial charge in [0.1, 0.15) is 5.82 Å². The van der Waals surface area contributed by atoms with Gasteiger partial charge in [-0.2, -0.15) is 0 Å². The van der Waals surface area contributed by atoms with Gasteiger partial charge in [-0.1, -0.05) is 12.1 Å². The summed E-state index contributed by atoms with van der Waals surface area (Å²) in [5, 5.41) is 10.9. The number of nitrogen functional groups attached to an aromatic ring is 1. The van der Waals surface area contributed by atoms with Crippen molar-refractivity contribution in [1.82, 2.24) is 0 Å². The Kier molecular flexibility index (Phi) is 3.66. The van der Waals surface area contributed by atoms with Crippen molar-refractivity contribution in [2.45, 2.75) is 0 Å². The van der Waals surface area contributed by atoms with Gasteiger partial charge in [0.15, 0.2) is 5.75 Å². The van der Waals surface area contributed by atoms with E-state index in [1.165, 1.54) is 6.07 Å². The van der Waals surface area contributed by atoms with Gasteiger partial charge in [0, 0.05) is 6.07 Å². The lowest BCUT2D eigenvalue weighted by Gasteiger charge is -2.09. The first-order chi connectivity index (χ1) is 8.99. The van der Waals surface area contributed by atoms with Crippen LogP contribution in [-0.4, -0.2) is 4.92 Å². The number of ether oxygens (including phenoxy) is 1. The number of nitrogens with two attached hydrogens (primary N) is 1. The van der Waals surface area contributed by atoms with Crippen LogP contribution in [0.25, 0.3) is 0 Å². The molecule has 0 atom stereocenters. The van der Waals surface area contributed by atoms with Gasteiger partial charge in [-0.25, -0.2) is 4.39 Å². The van der Waals surface area contributed by atoms with Crippen LogP contribution in [0.3, 0.4) is 0 Å². The second-order valence-corrected chi connectivity index (χ2v) is 4.49. The molecule has 0 saturated heterocycles. The van der Waals surface area contributed by atoms with Crippen LogP contribution in [0.1, 0.15) is 0 Å². The molecule has 0 heterocycles. The molecule has 0 aliphatic carbocycles. The van der Waals surface area contributed by atoms with Crippen molar-refractivity contribution < 1.29 is 14.1 Å². The molecule has 2 aromatic rings. The van der Waals surface area contributed by atoms with Crippen LogP contribution in [0.4, 0.5) is 15.8 Å². The van der Waals surface area contributed by atoms with E-state index in [9.17, 15) is 14.5 Å².